The van der Waals surface area contributed by atoms with Crippen molar-refractivity contribution < 1.29 is 18.0 Å². The zero-order chi connectivity index (χ0) is 14.5. The van der Waals surface area contributed by atoms with Gasteiger partial charge in [0.2, 0.25) is 22.3 Å². The van der Waals surface area contributed by atoms with Gasteiger partial charge in [-0.15, -0.1) is 0 Å². The third-order valence-corrected chi connectivity index (χ3v) is 4.32. The van der Waals surface area contributed by atoms with Crippen molar-refractivity contribution in [2.75, 3.05) is 45.5 Å². The van der Waals surface area contributed by atoms with Crippen LogP contribution < -0.4 is 0 Å². The minimum Gasteiger partial charge on any atom is -0.342 e. The molecule has 0 N–H and O–H groups in total. The van der Waals surface area contributed by atoms with Gasteiger partial charge in [0, 0.05) is 32.7 Å². The van der Waals surface area contributed by atoms with E-state index in [1.54, 1.807) is 9.80 Å². The smallest absolute Gasteiger partial charge is 0.238 e. The minimum absolute atomic E-state index is 0.117. The highest BCUT2D eigenvalue weighted by Crippen LogP contribution is 2.05. The van der Waals surface area contributed by atoms with Gasteiger partial charge in [-0.3, -0.25) is 9.59 Å². The molecule has 7 nitrogen and oxygen atoms in total. The lowest BCUT2D eigenvalue weighted by atomic mass is 10.3. The molecule has 8 heteroatoms. The lowest BCUT2D eigenvalue weighted by Crippen LogP contribution is -2.51. The normalized spacial score (nSPS) is 16.8. The van der Waals surface area contributed by atoms with E-state index in [1.807, 2.05) is 6.92 Å². The first kappa shape index (κ1) is 15.9. The van der Waals surface area contributed by atoms with Gasteiger partial charge in [-0.05, 0) is 6.42 Å². The number of carbonyl (C=O) groups is 2. The van der Waals surface area contributed by atoms with Crippen LogP contribution in [0.3, 0.4) is 0 Å². The van der Waals surface area contributed by atoms with E-state index in [4.69, 9.17) is 0 Å². The van der Waals surface area contributed by atoms with E-state index in [0.29, 0.717) is 39.1 Å². The summed E-state index contributed by atoms with van der Waals surface area (Å²) in [5, 5.41) is 0. The zero-order valence-electron chi connectivity index (χ0n) is 11.4. The molecule has 1 rings (SSSR count). The van der Waals surface area contributed by atoms with Gasteiger partial charge in [0.1, 0.15) is 0 Å². The number of amides is 2. The molecular formula is C11H21N3O4S. The Morgan fingerprint density at radius 2 is 1.84 bits per heavy atom. The fourth-order valence-electron chi connectivity index (χ4n) is 1.94. The van der Waals surface area contributed by atoms with E-state index in [-0.39, 0.29) is 12.5 Å². The van der Waals surface area contributed by atoms with Crippen molar-refractivity contribution in [3.63, 3.8) is 0 Å². The van der Waals surface area contributed by atoms with Gasteiger partial charge >= 0.3 is 0 Å². The van der Waals surface area contributed by atoms with Crippen molar-refractivity contribution in [3.05, 3.63) is 0 Å². The highest BCUT2D eigenvalue weighted by atomic mass is 32.2. The average molecular weight is 291 g/mol. The van der Waals surface area contributed by atoms with Crippen molar-refractivity contribution in [2.24, 2.45) is 0 Å². The van der Waals surface area contributed by atoms with Gasteiger partial charge in [-0.25, -0.2) is 8.42 Å². The van der Waals surface area contributed by atoms with Crippen LogP contribution >= 0.6 is 0 Å². The highest BCUT2D eigenvalue weighted by molar-refractivity contribution is 7.88. The third kappa shape index (κ3) is 4.79. The first-order chi connectivity index (χ1) is 8.88. The van der Waals surface area contributed by atoms with Crippen molar-refractivity contribution in [3.8, 4) is 0 Å². The van der Waals surface area contributed by atoms with Crippen LogP contribution in [-0.2, 0) is 19.6 Å². The number of carbonyl (C=O) groups excluding carboxylic acids is 2. The Morgan fingerprint density at radius 3 is 2.26 bits per heavy atom. The standard InChI is InChI=1S/C11H21N3O4S/c1-3-4-14(19(2,17)18)9-11(16)13-7-5-12(10-15)6-8-13/h10H,3-9H2,1-2H3. The number of nitrogens with zero attached hydrogens (tertiary/aromatic N) is 3. The maximum absolute atomic E-state index is 12.0. The molecular weight excluding hydrogens is 270 g/mol. The average Bonchev–Trinajstić information content (AvgIpc) is 2.37. The fourth-order valence-corrected chi connectivity index (χ4v) is 2.80. The molecule has 110 valence electrons. The largest absolute Gasteiger partial charge is 0.342 e. The highest BCUT2D eigenvalue weighted by Gasteiger charge is 2.25. The number of rotatable bonds is 6. The molecule has 1 aliphatic heterocycles. The van der Waals surface area contributed by atoms with Gasteiger partial charge in [0.25, 0.3) is 0 Å². The summed E-state index contributed by atoms with van der Waals surface area (Å²) in [5.41, 5.74) is 0. The van der Waals surface area contributed by atoms with Crippen LogP contribution in [0.5, 0.6) is 0 Å². The summed E-state index contributed by atoms with van der Waals surface area (Å²) < 4.78 is 24.3. The first-order valence-corrected chi connectivity index (χ1v) is 8.15. The number of hydrogen-bond donors (Lipinski definition) is 0. The van der Waals surface area contributed by atoms with Gasteiger partial charge in [-0.1, -0.05) is 6.92 Å². The predicted molar refractivity (Wildman–Crippen MR) is 70.9 cm³/mol. The van der Waals surface area contributed by atoms with E-state index in [9.17, 15) is 18.0 Å². The van der Waals surface area contributed by atoms with E-state index in [1.165, 1.54) is 4.31 Å². The van der Waals surface area contributed by atoms with Crippen LogP contribution in [0.2, 0.25) is 0 Å². The van der Waals surface area contributed by atoms with Gasteiger partial charge in [0.05, 0.1) is 12.8 Å². The monoisotopic (exact) mass is 291 g/mol. The van der Waals surface area contributed by atoms with Crippen molar-refractivity contribution in [1.82, 2.24) is 14.1 Å². The molecule has 1 fully saturated rings. The summed E-state index contributed by atoms with van der Waals surface area (Å²) in [6.45, 7) is 4.02. The van der Waals surface area contributed by atoms with Crippen molar-refractivity contribution >= 4 is 22.3 Å². The van der Waals surface area contributed by atoms with Gasteiger partial charge in [0.15, 0.2) is 0 Å². The molecule has 0 atom stereocenters. The van der Waals surface area contributed by atoms with Crippen LogP contribution in [0.1, 0.15) is 13.3 Å². The molecule has 0 aliphatic carbocycles. The van der Waals surface area contributed by atoms with E-state index in [2.05, 4.69) is 0 Å². The van der Waals surface area contributed by atoms with Crippen LogP contribution in [0, 0.1) is 0 Å². The van der Waals surface area contributed by atoms with E-state index >= 15 is 0 Å². The molecule has 1 heterocycles. The molecule has 0 aromatic rings. The second-order valence-electron chi connectivity index (χ2n) is 4.62. The molecule has 0 unspecified atom stereocenters. The van der Waals surface area contributed by atoms with Gasteiger partial charge < -0.3 is 9.80 Å². The molecule has 0 radical (unpaired) electrons. The summed E-state index contributed by atoms with van der Waals surface area (Å²) in [4.78, 5) is 25.8. The summed E-state index contributed by atoms with van der Waals surface area (Å²) in [5.74, 6) is -0.204. The lowest BCUT2D eigenvalue weighted by molar-refractivity contribution is -0.135. The number of sulfonamides is 1. The third-order valence-electron chi connectivity index (χ3n) is 3.07. The molecule has 0 spiro atoms. The maximum Gasteiger partial charge on any atom is 0.238 e. The Bertz CT molecular complexity index is 416. The Labute approximate surface area is 114 Å². The maximum atomic E-state index is 12.0. The predicted octanol–water partition coefficient (Wildman–Crippen LogP) is -1.04. The van der Waals surface area contributed by atoms with E-state index in [0.717, 1.165) is 12.7 Å². The number of hydrogen-bond acceptors (Lipinski definition) is 4. The van der Waals surface area contributed by atoms with Crippen LogP contribution in [0.25, 0.3) is 0 Å². The van der Waals surface area contributed by atoms with E-state index < -0.39 is 10.0 Å². The summed E-state index contributed by atoms with van der Waals surface area (Å²) in [6.07, 6.45) is 2.54. The first-order valence-electron chi connectivity index (χ1n) is 6.30. The van der Waals surface area contributed by atoms with Crippen LogP contribution in [-0.4, -0.2) is 80.4 Å². The topological polar surface area (TPSA) is 78.0 Å². The molecule has 1 saturated heterocycles. The number of piperazine rings is 1. The molecule has 0 saturated carbocycles. The lowest BCUT2D eigenvalue weighted by Gasteiger charge is -2.33. The molecule has 0 aromatic carbocycles. The molecule has 1 aliphatic rings. The van der Waals surface area contributed by atoms with Crippen LogP contribution in [0.4, 0.5) is 0 Å². The Hall–Kier alpha value is -1.15. The minimum atomic E-state index is -3.36. The SMILES string of the molecule is CCCN(CC(=O)N1CCN(C=O)CC1)S(C)(=O)=O. The molecule has 0 aromatic heterocycles. The quantitative estimate of drug-likeness (QED) is 0.586. The molecule has 0 bridgehead atoms. The summed E-state index contributed by atoms with van der Waals surface area (Å²) in [6, 6.07) is 0. The zero-order valence-corrected chi connectivity index (χ0v) is 12.2. The molecule has 19 heavy (non-hydrogen) atoms. The van der Waals surface area contributed by atoms with Gasteiger partial charge in [-0.2, -0.15) is 4.31 Å². The Kier molecular flexibility index (Phi) is 5.74. The van der Waals surface area contributed by atoms with Crippen LogP contribution in [0.15, 0.2) is 0 Å². The summed E-state index contributed by atoms with van der Waals surface area (Å²) in [7, 11) is -3.36. The van der Waals surface area contributed by atoms with Crippen molar-refractivity contribution in [1.29, 1.82) is 0 Å². The Morgan fingerprint density at radius 1 is 1.26 bits per heavy atom. The second kappa shape index (κ2) is 6.85. The second-order valence-corrected chi connectivity index (χ2v) is 6.60. The summed E-state index contributed by atoms with van der Waals surface area (Å²) >= 11 is 0. The fraction of sp³-hybridized carbons (Fsp3) is 0.818. The Balaban J connectivity index is 2.56. The van der Waals surface area contributed by atoms with Crippen molar-refractivity contribution in [2.45, 2.75) is 13.3 Å². The molecule has 2 amide bonds.